The van der Waals surface area contributed by atoms with E-state index >= 15 is 0 Å². The molecule has 2 atom stereocenters. The molecule has 2 aromatic carbocycles. The standard InChI is InChI=1S/C28H38/c1-5-14-23-24(15-6-2)26(16-7-3)28(21-8-4,22-17-10-9-11-18-22)27-20-13-12-19-25(23)27/h9-13,17-20,26H,5-8,14-16,21H2,1-4H3. The van der Waals surface area contributed by atoms with Crippen molar-refractivity contribution in [1.82, 2.24) is 0 Å². The van der Waals surface area contributed by atoms with E-state index in [-0.39, 0.29) is 5.41 Å². The van der Waals surface area contributed by atoms with Crippen molar-refractivity contribution in [2.75, 3.05) is 0 Å². The molecule has 0 saturated carbocycles. The molecular weight excluding hydrogens is 336 g/mol. The maximum Gasteiger partial charge on any atom is 0.0274 e. The summed E-state index contributed by atoms with van der Waals surface area (Å²) >= 11 is 0. The van der Waals surface area contributed by atoms with E-state index in [1.54, 1.807) is 16.7 Å². The fraction of sp³-hybridized carbons (Fsp3) is 0.500. The van der Waals surface area contributed by atoms with Crippen molar-refractivity contribution in [3.05, 3.63) is 76.9 Å². The highest BCUT2D eigenvalue weighted by Gasteiger charge is 2.46. The fourth-order valence-corrected chi connectivity index (χ4v) is 5.79. The highest BCUT2D eigenvalue weighted by molar-refractivity contribution is 5.77. The van der Waals surface area contributed by atoms with Crippen molar-refractivity contribution in [2.45, 2.75) is 84.5 Å². The van der Waals surface area contributed by atoms with Crippen LogP contribution >= 0.6 is 0 Å². The lowest BCUT2D eigenvalue weighted by Crippen LogP contribution is -2.41. The third-order valence-corrected chi connectivity index (χ3v) is 6.67. The van der Waals surface area contributed by atoms with Gasteiger partial charge in [0.05, 0.1) is 0 Å². The maximum absolute atomic E-state index is 2.44. The molecule has 0 nitrogen and oxygen atoms in total. The first kappa shape index (κ1) is 20.9. The molecule has 2 aromatic rings. The SMILES string of the molecule is CCCC1=C(CCC)C(CCC)C(CCC)(c2ccccc2)c2ccccc21. The van der Waals surface area contributed by atoms with Gasteiger partial charge in [0.2, 0.25) is 0 Å². The summed E-state index contributed by atoms with van der Waals surface area (Å²) < 4.78 is 0. The summed E-state index contributed by atoms with van der Waals surface area (Å²) in [6.45, 7) is 9.41. The quantitative estimate of drug-likeness (QED) is 0.412. The van der Waals surface area contributed by atoms with Crippen molar-refractivity contribution in [1.29, 1.82) is 0 Å². The summed E-state index contributed by atoms with van der Waals surface area (Å²) in [5.41, 5.74) is 8.20. The van der Waals surface area contributed by atoms with Gasteiger partial charge in [0.1, 0.15) is 0 Å². The fourth-order valence-electron chi connectivity index (χ4n) is 5.79. The zero-order chi connectivity index (χ0) is 20.0. The molecule has 1 aliphatic rings. The van der Waals surface area contributed by atoms with Gasteiger partial charge in [-0.15, -0.1) is 0 Å². The molecule has 0 aliphatic heterocycles. The molecule has 3 rings (SSSR count). The van der Waals surface area contributed by atoms with Crippen LogP contribution in [0, 0.1) is 5.92 Å². The maximum atomic E-state index is 2.44. The first-order valence-corrected chi connectivity index (χ1v) is 11.6. The van der Waals surface area contributed by atoms with E-state index in [1.165, 1.54) is 62.5 Å². The second kappa shape index (κ2) is 9.59. The minimum atomic E-state index is 0.115. The van der Waals surface area contributed by atoms with Gasteiger partial charge >= 0.3 is 0 Å². The van der Waals surface area contributed by atoms with Crippen LogP contribution in [-0.2, 0) is 5.41 Å². The molecule has 2 unspecified atom stereocenters. The van der Waals surface area contributed by atoms with Crippen LogP contribution in [0.15, 0.2) is 60.2 Å². The number of fused-ring (bicyclic) bond motifs is 1. The van der Waals surface area contributed by atoms with E-state index < -0.39 is 0 Å². The van der Waals surface area contributed by atoms with Crippen molar-refractivity contribution in [2.24, 2.45) is 5.92 Å². The molecule has 28 heavy (non-hydrogen) atoms. The van der Waals surface area contributed by atoms with Gasteiger partial charge in [0.25, 0.3) is 0 Å². The van der Waals surface area contributed by atoms with E-state index in [0.29, 0.717) is 5.92 Å². The third kappa shape index (κ3) is 3.59. The number of rotatable bonds is 9. The van der Waals surface area contributed by atoms with Crippen molar-refractivity contribution < 1.29 is 0 Å². The van der Waals surface area contributed by atoms with Crippen LogP contribution in [0.1, 0.15) is 95.8 Å². The Morgan fingerprint density at radius 1 is 0.714 bits per heavy atom. The van der Waals surface area contributed by atoms with Gasteiger partial charge in [-0.1, -0.05) is 114 Å². The Kier molecular flexibility index (Phi) is 7.16. The van der Waals surface area contributed by atoms with E-state index in [2.05, 4.69) is 82.3 Å². The van der Waals surface area contributed by atoms with E-state index in [4.69, 9.17) is 0 Å². The Hall–Kier alpha value is -1.82. The largest absolute Gasteiger partial charge is 0.0654 e. The molecule has 0 N–H and O–H groups in total. The minimum absolute atomic E-state index is 0.115. The normalized spacial score (nSPS) is 21.6. The molecule has 0 heteroatoms. The van der Waals surface area contributed by atoms with Crippen LogP contribution < -0.4 is 0 Å². The van der Waals surface area contributed by atoms with Crippen LogP contribution in [0.25, 0.3) is 5.57 Å². The molecule has 1 aliphatic carbocycles. The highest BCUT2D eigenvalue weighted by atomic mass is 14.5. The molecule has 0 aromatic heterocycles. The van der Waals surface area contributed by atoms with Gasteiger partial charge in [0, 0.05) is 5.41 Å². The predicted molar refractivity (Wildman–Crippen MR) is 124 cm³/mol. The summed E-state index contributed by atoms with van der Waals surface area (Å²) in [5.74, 6) is 0.622. The molecule has 0 fully saturated rings. The summed E-state index contributed by atoms with van der Waals surface area (Å²) in [6.07, 6.45) is 9.89. The van der Waals surface area contributed by atoms with Crippen LogP contribution in [-0.4, -0.2) is 0 Å². The van der Waals surface area contributed by atoms with Crippen LogP contribution in [0.3, 0.4) is 0 Å². The molecule has 150 valence electrons. The highest BCUT2D eigenvalue weighted by Crippen LogP contribution is 2.56. The first-order valence-electron chi connectivity index (χ1n) is 11.6. The Balaban J connectivity index is 2.37. The number of benzene rings is 2. The van der Waals surface area contributed by atoms with Crippen LogP contribution in [0.2, 0.25) is 0 Å². The zero-order valence-corrected chi connectivity index (χ0v) is 18.4. The molecule has 0 saturated heterocycles. The van der Waals surface area contributed by atoms with Gasteiger partial charge in [-0.25, -0.2) is 0 Å². The number of hydrogen-bond acceptors (Lipinski definition) is 0. The van der Waals surface area contributed by atoms with E-state index in [1.807, 2.05) is 0 Å². The molecule has 0 amide bonds. The lowest BCUT2D eigenvalue weighted by atomic mass is 9.54. The van der Waals surface area contributed by atoms with Crippen LogP contribution in [0.5, 0.6) is 0 Å². The van der Waals surface area contributed by atoms with Gasteiger partial charge in [-0.05, 0) is 53.9 Å². The molecule has 0 radical (unpaired) electrons. The Morgan fingerprint density at radius 3 is 2.04 bits per heavy atom. The zero-order valence-electron chi connectivity index (χ0n) is 18.4. The summed E-state index contributed by atoms with van der Waals surface area (Å²) in [6, 6.07) is 20.8. The summed E-state index contributed by atoms with van der Waals surface area (Å²) in [4.78, 5) is 0. The van der Waals surface area contributed by atoms with Gasteiger partial charge in [-0.2, -0.15) is 0 Å². The van der Waals surface area contributed by atoms with E-state index in [9.17, 15) is 0 Å². The average molecular weight is 375 g/mol. The predicted octanol–water partition coefficient (Wildman–Crippen LogP) is 8.56. The van der Waals surface area contributed by atoms with Crippen molar-refractivity contribution >= 4 is 5.57 Å². The minimum Gasteiger partial charge on any atom is -0.0654 e. The van der Waals surface area contributed by atoms with Gasteiger partial charge in [-0.3, -0.25) is 0 Å². The molecule has 0 bridgehead atoms. The van der Waals surface area contributed by atoms with Crippen LogP contribution in [0.4, 0.5) is 0 Å². The number of hydrogen-bond donors (Lipinski definition) is 0. The van der Waals surface area contributed by atoms with Gasteiger partial charge < -0.3 is 0 Å². The van der Waals surface area contributed by atoms with Crippen molar-refractivity contribution in [3.8, 4) is 0 Å². The lowest BCUT2D eigenvalue weighted by Gasteiger charge is -2.49. The summed E-state index contributed by atoms with van der Waals surface area (Å²) in [5, 5.41) is 0. The monoisotopic (exact) mass is 374 g/mol. The lowest BCUT2D eigenvalue weighted by molar-refractivity contribution is 0.304. The Bertz CT molecular complexity index is 783. The smallest absolute Gasteiger partial charge is 0.0274 e. The Labute approximate surface area is 173 Å². The molecule has 0 spiro atoms. The second-order valence-electron chi connectivity index (χ2n) is 8.48. The Morgan fingerprint density at radius 2 is 1.39 bits per heavy atom. The first-order chi connectivity index (χ1) is 13.7. The molecular formula is C28H38. The van der Waals surface area contributed by atoms with Gasteiger partial charge in [0.15, 0.2) is 0 Å². The molecule has 0 heterocycles. The average Bonchev–Trinajstić information content (AvgIpc) is 2.73. The summed E-state index contributed by atoms with van der Waals surface area (Å²) in [7, 11) is 0. The third-order valence-electron chi connectivity index (χ3n) is 6.67. The van der Waals surface area contributed by atoms with Crippen molar-refractivity contribution in [3.63, 3.8) is 0 Å². The second-order valence-corrected chi connectivity index (χ2v) is 8.48. The topological polar surface area (TPSA) is 0 Å². The number of allylic oxidation sites excluding steroid dienone is 2. The van der Waals surface area contributed by atoms with E-state index in [0.717, 1.165) is 0 Å².